The fourth-order valence-electron chi connectivity index (χ4n) is 3.61. The third-order valence-corrected chi connectivity index (χ3v) is 5.81. The van der Waals surface area contributed by atoms with Gasteiger partial charge in [-0.1, -0.05) is 48.5 Å². The van der Waals surface area contributed by atoms with E-state index in [4.69, 9.17) is 19.7 Å². The van der Waals surface area contributed by atoms with Gasteiger partial charge in [-0.3, -0.25) is 4.99 Å². The normalized spacial score (nSPS) is 16.3. The van der Waals surface area contributed by atoms with Gasteiger partial charge in [0, 0.05) is 7.05 Å². The van der Waals surface area contributed by atoms with E-state index in [1.807, 2.05) is 62.4 Å². The molecule has 2 aromatic carbocycles. The van der Waals surface area contributed by atoms with E-state index in [1.165, 1.54) is 0 Å². The number of aliphatic imine (C=N–C) groups is 2. The average molecular weight is 442 g/mol. The maximum atomic E-state index is 9.13. The van der Waals surface area contributed by atoms with Crippen molar-refractivity contribution < 1.29 is 9.47 Å². The first-order chi connectivity index (χ1) is 16.0. The number of rotatable bonds is 9. The molecule has 5 nitrogen and oxygen atoms in total. The Morgan fingerprint density at radius 1 is 1.09 bits per heavy atom. The van der Waals surface area contributed by atoms with Crippen molar-refractivity contribution in [1.29, 1.82) is 5.26 Å². The van der Waals surface area contributed by atoms with E-state index in [1.54, 1.807) is 20.2 Å². The number of ether oxygens (including phenoxy) is 2. The molecule has 33 heavy (non-hydrogen) atoms. The Morgan fingerprint density at radius 2 is 1.85 bits per heavy atom. The Kier molecular flexibility index (Phi) is 8.34. The summed E-state index contributed by atoms with van der Waals surface area (Å²) in [5, 5.41) is 9.13. The van der Waals surface area contributed by atoms with Crippen LogP contribution in [0, 0.1) is 16.7 Å². The molecule has 0 radical (unpaired) electrons. The number of allylic oxidation sites excluding steroid dienone is 4. The van der Waals surface area contributed by atoms with E-state index < -0.39 is 0 Å². The minimum atomic E-state index is -0.118. The average Bonchev–Trinajstić information content (AvgIpc) is 3.64. The maximum Gasteiger partial charge on any atom is 0.140 e. The van der Waals surface area contributed by atoms with Crippen LogP contribution < -0.4 is 0 Å². The molecule has 1 aliphatic rings. The molecule has 0 aromatic heterocycles. The Hall–Kier alpha value is -3.49. The molecule has 0 heterocycles. The summed E-state index contributed by atoms with van der Waals surface area (Å²) in [6.07, 6.45) is 5.93. The molecule has 0 atom stereocenters. The predicted molar refractivity (Wildman–Crippen MR) is 134 cm³/mol. The van der Waals surface area contributed by atoms with Gasteiger partial charge in [0.2, 0.25) is 0 Å². The van der Waals surface area contributed by atoms with Gasteiger partial charge in [0.15, 0.2) is 0 Å². The Morgan fingerprint density at radius 3 is 2.48 bits per heavy atom. The zero-order chi connectivity index (χ0) is 23.7. The van der Waals surface area contributed by atoms with Crippen LogP contribution in [0.25, 0.3) is 5.57 Å². The lowest BCUT2D eigenvalue weighted by Gasteiger charge is -2.16. The summed E-state index contributed by atoms with van der Waals surface area (Å²) in [5.41, 5.74) is 4.48. The molecule has 1 saturated carbocycles. The summed E-state index contributed by atoms with van der Waals surface area (Å²) >= 11 is 0. The monoisotopic (exact) mass is 441 g/mol. The van der Waals surface area contributed by atoms with E-state index in [0.29, 0.717) is 24.5 Å². The molecule has 3 rings (SSSR count). The Bertz CT molecular complexity index is 1120. The first-order valence-corrected chi connectivity index (χ1v) is 11.1. The van der Waals surface area contributed by atoms with Crippen LogP contribution in [0.3, 0.4) is 0 Å². The zero-order valence-electron chi connectivity index (χ0n) is 19.8. The van der Waals surface area contributed by atoms with Crippen LogP contribution in [0.1, 0.15) is 43.4 Å². The molecule has 0 saturated heterocycles. The minimum absolute atomic E-state index is 0.118. The van der Waals surface area contributed by atoms with Crippen LogP contribution in [0.2, 0.25) is 0 Å². The van der Waals surface area contributed by atoms with Gasteiger partial charge in [-0.15, -0.1) is 0 Å². The molecular formula is C28H31N3O2. The van der Waals surface area contributed by atoms with Gasteiger partial charge in [0.1, 0.15) is 11.6 Å². The van der Waals surface area contributed by atoms with Crippen LogP contribution in [-0.2, 0) is 16.1 Å². The summed E-state index contributed by atoms with van der Waals surface area (Å²) in [6.45, 7) is 5.13. The smallest absolute Gasteiger partial charge is 0.140 e. The third-order valence-electron chi connectivity index (χ3n) is 5.81. The highest BCUT2D eigenvalue weighted by Crippen LogP contribution is 2.48. The number of benzene rings is 2. The summed E-state index contributed by atoms with van der Waals surface area (Å²) < 4.78 is 11.6. The first-order valence-electron chi connectivity index (χ1n) is 11.1. The molecule has 0 unspecified atom stereocenters. The topological polar surface area (TPSA) is 67.0 Å². The number of nitrogens with zero attached hydrogens (tertiary/aromatic N) is 3. The van der Waals surface area contributed by atoms with Crippen molar-refractivity contribution in [1.82, 2.24) is 0 Å². The highest BCUT2D eigenvalue weighted by molar-refractivity contribution is 6.07. The van der Waals surface area contributed by atoms with E-state index in [9.17, 15) is 0 Å². The number of nitriles is 1. The first kappa shape index (κ1) is 24.2. The van der Waals surface area contributed by atoms with Gasteiger partial charge >= 0.3 is 0 Å². The van der Waals surface area contributed by atoms with Crippen LogP contribution in [-0.4, -0.2) is 32.3 Å². The van der Waals surface area contributed by atoms with Crippen LogP contribution in [0.5, 0.6) is 0 Å². The Balaban J connectivity index is 1.70. The standard InChI is InChI=1S/C28H31N3O2/c1-21(25-12-8-11-24(17-25)18-29)13-14-26(32-4)22(2)31-27(30-3)28(15-16-28)20-33-19-23-9-6-5-7-10-23/h5-14,17H,15-16,19-20H2,1-4H3/b21-13+,26-14+,30-27?,31-22?. The van der Waals surface area contributed by atoms with Crippen molar-refractivity contribution in [3.63, 3.8) is 0 Å². The molecule has 0 amide bonds. The SMILES string of the molecule is CN=C(N=C(C)/C(=C\C=C(/C)c1cccc(C#N)c1)OC)C1(COCc2ccccc2)CC1. The molecule has 1 fully saturated rings. The molecular weight excluding hydrogens is 410 g/mol. The quantitative estimate of drug-likeness (QED) is 0.208. The van der Waals surface area contributed by atoms with Crippen LogP contribution in [0.4, 0.5) is 0 Å². The van der Waals surface area contributed by atoms with E-state index in [-0.39, 0.29) is 5.41 Å². The molecule has 0 spiro atoms. The van der Waals surface area contributed by atoms with Crippen molar-refractivity contribution in [2.45, 2.75) is 33.3 Å². The largest absolute Gasteiger partial charge is 0.495 e. The molecule has 170 valence electrons. The summed E-state index contributed by atoms with van der Waals surface area (Å²) in [5.74, 6) is 1.48. The second-order valence-electron chi connectivity index (χ2n) is 8.28. The second-order valence-corrected chi connectivity index (χ2v) is 8.28. The van der Waals surface area contributed by atoms with Crippen molar-refractivity contribution >= 4 is 17.1 Å². The van der Waals surface area contributed by atoms with E-state index in [2.05, 4.69) is 23.2 Å². The number of hydrogen-bond acceptors (Lipinski definition) is 4. The van der Waals surface area contributed by atoms with E-state index in [0.717, 1.165) is 41.1 Å². The lowest BCUT2D eigenvalue weighted by Crippen LogP contribution is -2.22. The highest BCUT2D eigenvalue weighted by Gasteiger charge is 2.48. The third kappa shape index (κ3) is 6.50. The summed E-state index contributed by atoms with van der Waals surface area (Å²) in [4.78, 5) is 9.31. The van der Waals surface area contributed by atoms with Gasteiger partial charge in [0.05, 0.1) is 43.1 Å². The molecule has 2 aromatic rings. The van der Waals surface area contributed by atoms with Gasteiger partial charge < -0.3 is 9.47 Å². The lowest BCUT2D eigenvalue weighted by molar-refractivity contribution is 0.0975. The molecule has 0 bridgehead atoms. The van der Waals surface area contributed by atoms with Crippen LogP contribution in [0.15, 0.2) is 82.5 Å². The number of methoxy groups -OCH3 is 1. The fraction of sp³-hybridized carbons (Fsp3) is 0.321. The summed E-state index contributed by atoms with van der Waals surface area (Å²) in [7, 11) is 3.43. The minimum Gasteiger partial charge on any atom is -0.495 e. The van der Waals surface area contributed by atoms with E-state index >= 15 is 0 Å². The lowest BCUT2D eigenvalue weighted by atomic mass is 10.0. The van der Waals surface area contributed by atoms with Gasteiger partial charge in [0.25, 0.3) is 0 Å². The van der Waals surface area contributed by atoms with Gasteiger partial charge in [-0.25, -0.2) is 4.99 Å². The van der Waals surface area contributed by atoms with Crippen molar-refractivity contribution in [2.75, 3.05) is 20.8 Å². The van der Waals surface area contributed by atoms with Crippen molar-refractivity contribution in [2.24, 2.45) is 15.4 Å². The van der Waals surface area contributed by atoms with Crippen LogP contribution >= 0.6 is 0 Å². The second kappa shape index (κ2) is 11.4. The predicted octanol–water partition coefficient (Wildman–Crippen LogP) is 5.98. The molecule has 0 aliphatic heterocycles. The van der Waals surface area contributed by atoms with Gasteiger partial charge in [-0.2, -0.15) is 5.26 Å². The molecule has 1 aliphatic carbocycles. The van der Waals surface area contributed by atoms with Crippen molar-refractivity contribution in [3.8, 4) is 6.07 Å². The fourth-order valence-corrected chi connectivity index (χ4v) is 3.61. The van der Waals surface area contributed by atoms with Crippen molar-refractivity contribution in [3.05, 3.63) is 89.2 Å². The molecule has 5 heteroatoms. The van der Waals surface area contributed by atoms with Gasteiger partial charge in [-0.05, 0) is 61.6 Å². The Labute approximate surface area is 196 Å². The zero-order valence-corrected chi connectivity index (χ0v) is 19.8. The number of hydrogen-bond donors (Lipinski definition) is 0. The number of amidine groups is 1. The summed E-state index contributed by atoms with van der Waals surface area (Å²) in [6, 6.07) is 19.9. The maximum absolute atomic E-state index is 9.13. The molecule has 0 N–H and O–H groups in total. The highest BCUT2D eigenvalue weighted by atomic mass is 16.5.